The lowest BCUT2D eigenvalue weighted by Gasteiger charge is -2.33. The van der Waals surface area contributed by atoms with Crippen molar-refractivity contribution in [2.24, 2.45) is 0 Å². The van der Waals surface area contributed by atoms with Gasteiger partial charge in [0.2, 0.25) is 5.91 Å². The van der Waals surface area contributed by atoms with Crippen LogP contribution < -0.4 is 0 Å². The predicted octanol–water partition coefficient (Wildman–Crippen LogP) is 2.87. The van der Waals surface area contributed by atoms with Crippen molar-refractivity contribution in [3.8, 4) is 0 Å². The number of benzene rings is 1. The van der Waals surface area contributed by atoms with Crippen molar-refractivity contribution in [1.82, 2.24) is 9.88 Å². The van der Waals surface area contributed by atoms with Crippen LogP contribution >= 0.6 is 0 Å². The number of pyridine rings is 1. The second-order valence-electron chi connectivity index (χ2n) is 6.24. The van der Waals surface area contributed by atoms with Crippen molar-refractivity contribution in [3.05, 3.63) is 66.0 Å². The Bertz CT molecular complexity index is 631. The van der Waals surface area contributed by atoms with Crippen molar-refractivity contribution >= 4 is 5.91 Å². The molecule has 126 valence electrons. The molecular formula is C20H24N2O2. The van der Waals surface area contributed by atoms with Crippen LogP contribution in [-0.4, -0.2) is 41.6 Å². The number of carbonyl (C=O) groups is 1. The van der Waals surface area contributed by atoms with Gasteiger partial charge in [0, 0.05) is 25.5 Å². The van der Waals surface area contributed by atoms with Crippen molar-refractivity contribution in [2.45, 2.75) is 31.8 Å². The number of ether oxygens (including phenoxy) is 1. The van der Waals surface area contributed by atoms with Gasteiger partial charge in [-0.05, 0) is 42.5 Å². The lowest BCUT2D eigenvalue weighted by Crippen LogP contribution is -2.46. The maximum absolute atomic E-state index is 12.5. The standard InChI is InChI=1S/C20H24N2O2/c23-20(15-18-9-11-21-12-10-18)22-13-14-24-19(16-22)8-4-7-17-5-2-1-3-6-17/h1-3,5-6,9-12,19H,4,7-8,13-16H2/t19-/m0/s1. The van der Waals surface area contributed by atoms with Gasteiger partial charge in [-0.25, -0.2) is 0 Å². The molecule has 1 amide bonds. The van der Waals surface area contributed by atoms with Crippen molar-refractivity contribution in [1.29, 1.82) is 0 Å². The van der Waals surface area contributed by atoms with E-state index >= 15 is 0 Å². The molecule has 0 aliphatic carbocycles. The largest absolute Gasteiger partial charge is 0.375 e. The number of carbonyl (C=O) groups excluding carboxylic acids is 1. The zero-order valence-electron chi connectivity index (χ0n) is 13.9. The molecule has 1 aliphatic rings. The Balaban J connectivity index is 1.44. The molecule has 1 aromatic carbocycles. The summed E-state index contributed by atoms with van der Waals surface area (Å²) >= 11 is 0. The molecule has 1 fully saturated rings. The lowest BCUT2D eigenvalue weighted by molar-refractivity contribution is -0.138. The first-order valence-corrected chi connectivity index (χ1v) is 8.63. The zero-order chi connectivity index (χ0) is 16.6. The second kappa shape index (κ2) is 8.60. The summed E-state index contributed by atoms with van der Waals surface area (Å²) in [5.41, 5.74) is 2.38. The molecule has 4 heteroatoms. The van der Waals surface area contributed by atoms with E-state index in [2.05, 4.69) is 29.2 Å². The maximum atomic E-state index is 12.5. The molecule has 0 bridgehead atoms. The lowest BCUT2D eigenvalue weighted by atomic mass is 10.0. The third-order valence-corrected chi connectivity index (χ3v) is 4.43. The van der Waals surface area contributed by atoms with E-state index in [1.807, 2.05) is 23.1 Å². The summed E-state index contributed by atoms with van der Waals surface area (Å²) in [6.45, 7) is 2.04. The Kier molecular flexibility index (Phi) is 5.96. The first kappa shape index (κ1) is 16.7. The van der Waals surface area contributed by atoms with Crippen LogP contribution in [0.3, 0.4) is 0 Å². The van der Waals surface area contributed by atoms with E-state index in [0.717, 1.165) is 24.8 Å². The SMILES string of the molecule is O=C(Cc1ccncc1)N1CCO[C@@H](CCCc2ccccc2)C1. The Hall–Kier alpha value is -2.20. The van der Waals surface area contributed by atoms with Gasteiger partial charge < -0.3 is 9.64 Å². The first-order chi connectivity index (χ1) is 11.8. The van der Waals surface area contributed by atoms with Crippen LogP contribution in [0.1, 0.15) is 24.0 Å². The van der Waals surface area contributed by atoms with E-state index < -0.39 is 0 Å². The van der Waals surface area contributed by atoms with Crippen LogP contribution in [0.4, 0.5) is 0 Å². The minimum atomic E-state index is 0.156. The normalized spacial score (nSPS) is 17.7. The van der Waals surface area contributed by atoms with Crippen LogP contribution in [-0.2, 0) is 22.4 Å². The molecule has 0 N–H and O–H groups in total. The van der Waals surface area contributed by atoms with Crippen molar-refractivity contribution < 1.29 is 9.53 Å². The summed E-state index contributed by atoms with van der Waals surface area (Å²) in [6, 6.07) is 14.3. The topological polar surface area (TPSA) is 42.4 Å². The highest BCUT2D eigenvalue weighted by Crippen LogP contribution is 2.14. The predicted molar refractivity (Wildman–Crippen MR) is 93.6 cm³/mol. The molecule has 0 saturated carbocycles. The third kappa shape index (κ3) is 4.90. The maximum Gasteiger partial charge on any atom is 0.227 e. The molecule has 0 unspecified atom stereocenters. The van der Waals surface area contributed by atoms with Gasteiger partial charge in [-0.1, -0.05) is 30.3 Å². The molecule has 2 aromatic rings. The Morgan fingerprint density at radius 3 is 2.71 bits per heavy atom. The summed E-state index contributed by atoms with van der Waals surface area (Å²) < 4.78 is 5.84. The fraction of sp³-hybridized carbons (Fsp3) is 0.400. The summed E-state index contributed by atoms with van der Waals surface area (Å²) in [4.78, 5) is 18.4. The first-order valence-electron chi connectivity index (χ1n) is 8.63. The highest BCUT2D eigenvalue weighted by molar-refractivity contribution is 5.78. The molecular weight excluding hydrogens is 300 g/mol. The number of hydrogen-bond acceptors (Lipinski definition) is 3. The monoisotopic (exact) mass is 324 g/mol. The number of morpholine rings is 1. The van der Waals surface area contributed by atoms with Crippen molar-refractivity contribution in [3.63, 3.8) is 0 Å². The molecule has 24 heavy (non-hydrogen) atoms. The Morgan fingerprint density at radius 2 is 1.92 bits per heavy atom. The number of hydrogen-bond donors (Lipinski definition) is 0. The van der Waals surface area contributed by atoms with Gasteiger partial charge >= 0.3 is 0 Å². The van der Waals surface area contributed by atoms with Crippen LogP contribution in [0.15, 0.2) is 54.9 Å². The summed E-state index contributed by atoms with van der Waals surface area (Å²) in [5.74, 6) is 0.178. The van der Waals surface area contributed by atoms with Gasteiger partial charge in [-0.15, -0.1) is 0 Å². The Labute approximate surface area is 143 Å². The molecule has 4 nitrogen and oxygen atoms in total. The molecule has 1 aliphatic heterocycles. The summed E-state index contributed by atoms with van der Waals surface area (Å²) in [5, 5.41) is 0. The highest BCUT2D eigenvalue weighted by atomic mass is 16.5. The third-order valence-electron chi connectivity index (χ3n) is 4.43. The van der Waals surface area contributed by atoms with E-state index in [-0.39, 0.29) is 12.0 Å². The molecule has 3 rings (SSSR count). The number of aryl methyl sites for hydroxylation is 1. The average Bonchev–Trinajstić information content (AvgIpc) is 2.64. The highest BCUT2D eigenvalue weighted by Gasteiger charge is 2.23. The van der Waals surface area contributed by atoms with E-state index in [0.29, 0.717) is 26.1 Å². The number of aromatic nitrogens is 1. The van der Waals surface area contributed by atoms with Gasteiger partial charge in [0.05, 0.1) is 19.1 Å². The quantitative estimate of drug-likeness (QED) is 0.820. The van der Waals surface area contributed by atoms with Gasteiger partial charge in [0.1, 0.15) is 0 Å². The molecule has 1 saturated heterocycles. The fourth-order valence-electron chi connectivity index (χ4n) is 3.09. The van der Waals surface area contributed by atoms with E-state index in [4.69, 9.17) is 4.74 Å². The van der Waals surface area contributed by atoms with Crippen LogP contribution in [0, 0.1) is 0 Å². The molecule has 0 spiro atoms. The number of amides is 1. The van der Waals surface area contributed by atoms with Crippen LogP contribution in [0.25, 0.3) is 0 Å². The van der Waals surface area contributed by atoms with E-state index in [1.54, 1.807) is 12.4 Å². The number of rotatable bonds is 6. The molecule has 0 radical (unpaired) electrons. The van der Waals surface area contributed by atoms with Gasteiger partial charge in [0.15, 0.2) is 0 Å². The Morgan fingerprint density at radius 1 is 1.12 bits per heavy atom. The molecule has 1 aromatic heterocycles. The van der Waals surface area contributed by atoms with E-state index in [1.165, 1.54) is 5.56 Å². The fourth-order valence-corrected chi connectivity index (χ4v) is 3.09. The zero-order valence-corrected chi connectivity index (χ0v) is 13.9. The van der Waals surface area contributed by atoms with Gasteiger partial charge in [0.25, 0.3) is 0 Å². The molecule has 1 atom stereocenters. The number of nitrogens with zero attached hydrogens (tertiary/aromatic N) is 2. The van der Waals surface area contributed by atoms with Crippen molar-refractivity contribution in [2.75, 3.05) is 19.7 Å². The summed E-state index contributed by atoms with van der Waals surface area (Å²) in [6.07, 6.45) is 7.20. The van der Waals surface area contributed by atoms with Crippen LogP contribution in [0.5, 0.6) is 0 Å². The van der Waals surface area contributed by atoms with E-state index in [9.17, 15) is 4.79 Å². The summed E-state index contributed by atoms with van der Waals surface area (Å²) in [7, 11) is 0. The average molecular weight is 324 g/mol. The minimum Gasteiger partial charge on any atom is -0.375 e. The molecule has 2 heterocycles. The minimum absolute atomic E-state index is 0.156. The van der Waals surface area contributed by atoms with Gasteiger partial charge in [-0.3, -0.25) is 9.78 Å². The smallest absolute Gasteiger partial charge is 0.227 e. The second-order valence-corrected chi connectivity index (χ2v) is 6.24. The van der Waals surface area contributed by atoms with Gasteiger partial charge in [-0.2, -0.15) is 0 Å². The van der Waals surface area contributed by atoms with Crippen LogP contribution in [0.2, 0.25) is 0 Å².